The summed E-state index contributed by atoms with van der Waals surface area (Å²) in [5.74, 6) is 1.82. The van der Waals surface area contributed by atoms with Crippen LogP contribution < -0.4 is 5.32 Å². The third-order valence-electron chi connectivity index (χ3n) is 5.32. The summed E-state index contributed by atoms with van der Waals surface area (Å²) in [5, 5.41) is 4.17. The number of benzene rings is 1. The number of thioether (sulfide) groups is 1. The van der Waals surface area contributed by atoms with Crippen LogP contribution in [0.1, 0.15) is 40.0 Å². The number of imidazole rings is 1. The maximum atomic E-state index is 12.4. The van der Waals surface area contributed by atoms with Gasteiger partial charge in [0.25, 0.3) is 0 Å². The van der Waals surface area contributed by atoms with Gasteiger partial charge in [-0.05, 0) is 37.3 Å². The molecule has 5 heteroatoms. The number of nitrogens with zero attached hydrogens (tertiary/aromatic N) is 2. The van der Waals surface area contributed by atoms with Crippen LogP contribution in [0.5, 0.6) is 0 Å². The highest BCUT2D eigenvalue weighted by Crippen LogP contribution is 2.30. The predicted molar refractivity (Wildman–Crippen MR) is 100 cm³/mol. The number of rotatable bonds is 5. The van der Waals surface area contributed by atoms with E-state index in [1.165, 1.54) is 24.6 Å². The SMILES string of the molecule is CCn1c(SCC(=O)N[C@@H]2CCC[C@H](C)[C@H]2C)nc2ccccc21. The fourth-order valence-electron chi connectivity index (χ4n) is 3.63. The minimum absolute atomic E-state index is 0.126. The monoisotopic (exact) mass is 345 g/mol. The van der Waals surface area contributed by atoms with E-state index in [-0.39, 0.29) is 5.91 Å². The first kappa shape index (κ1) is 17.3. The fourth-order valence-corrected chi connectivity index (χ4v) is 4.52. The molecule has 3 rings (SSSR count). The highest BCUT2D eigenvalue weighted by molar-refractivity contribution is 7.99. The third-order valence-corrected chi connectivity index (χ3v) is 6.30. The van der Waals surface area contributed by atoms with Gasteiger partial charge in [0, 0.05) is 12.6 Å². The van der Waals surface area contributed by atoms with Crippen molar-refractivity contribution in [3.8, 4) is 0 Å². The first-order valence-electron chi connectivity index (χ1n) is 8.97. The van der Waals surface area contributed by atoms with Crippen molar-refractivity contribution < 1.29 is 4.79 Å². The van der Waals surface area contributed by atoms with E-state index in [4.69, 9.17) is 0 Å². The van der Waals surface area contributed by atoms with E-state index in [1.807, 2.05) is 18.2 Å². The minimum Gasteiger partial charge on any atom is -0.352 e. The largest absolute Gasteiger partial charge is 0.352 e. The molecule has 1 fully saturated rings. The molecule has 0 bridgehead atoms. The number of amides is 1. The van der Waals surface area contributed by atoms with Crippen molar-refractivity contribution in [3.63, 3.8) is 0 Å². The predicted octanol–water partition coefficient (Wildman–Crippen LogP) is 4.09. The molecule has 1 N–H and O–H groups in total. The molecular formula is C19H27N3OS. The molecule has 0 unspecified atom stereocenters. The summed E-state index contributed by atoms with van der Waals surface area (Å²) < 4.78 is 2.18. The second-order valence-corrected chi connectivity index (χ2v) is 7.80. The maximum Gasteiger partial charge on any atom is 0.230 e. The van der Waals surface area contributed by atoms with Crippen molar-refractivity contribution in [1.29, 1.82) is 0 Å². The number of aryl methyl sites for hydroxylation is 1. The maximum absolute atomic E-state index is 12.4. The van der Waals surface area contributed by atoms with E-state index in [2.05, 4.69) is 41.7 Å². The molecule has 130 valence electrons. The molecule has 0 saturated heterocycles. The summed E-state index contributed by atoms with van der Waals surface area (Å²) in [7, 11) is 0. The number of para-hydroxylation sites is 2. The zero-order valence-corrected chi connectivity index (χ0v) is 15.6. The normalized spacial score (nSPS) is 24.2. The second-order valence-electron chi connectivity index (χ2n) is 6.86. The minimum atomic E-state index is 0.126. The quantitative estimate of drug-likeness (QED) is 0.830. The van der Waals surface area contributed by atoms with Crippen LogP contribution in [0, 0.1) is 11.8 Å². The van der Waals surface area contributed by atoms with E-state index < -0.39 is 0 Å². The molecule has 1 aromatic carbocycles. The van der Waals surface area contributed by atoms with Crippen LogP contribution in [0.2, 0.25) is 0 Å². The van der Waals surface area contributed by atoms with Crippen LogP contribution >= 0.6 is 11.8 Å². The van der Waals surface area contributed by atoms with Gasteiger partial charge in [0.15, 0.2) is 5.16 Å². The Morgan fingerprint density at radius 1 is 1.33 bits per heavy atom. The average Bonchev–Trinajstić information content (AvgIpc) is 2.94. The van der Waals surface area contributed by atoms with Gasteiger partial charge in [-0.15, -0.1) is 0 Å². The van der Waals surface area contributed by atoms with Crippen LogP contribution in [0.3, 0.4) is 0 Å². The molecule has 1 amide bonds. The number of fused-ring (bicyclic) bond motifs is 1. The van der Waals surface area contributed by atoms with Gasteiger partial charge in [-0.25, -0.2) is 4.98 Å². The van der Waals surface area contributed by atoms with Crippen LogP contribution in [0.25, 0.3) is 11.0 Å². The molecule has 3 atom stereocenters. The summed E-state index contributed by atoms with van der Waals surface area (Å²) in [5.41, 5.74) is 2.13. The van der Waals surface area contributed by atoms with Crippen LogP contribution in [-0.2, 0) is 11.3 Å². The Labute approximate surface area is 148 Å². The Balaban J connectivity index is 1.62. The molecule has 1 heterocycles. The van der Waals surface area contributed by atoms with Gasteiger partial charge in [0.1, 0.15) is 0 Å². The molecule has 1 aromatic heterocycles. The Kier molecular flexibility index (Phi) is 5.49. The van der Waals surface area contributed by atoms with Crippen LogP contribution in [0.4, 0.5) is 0 Å². The highest BCUT2D eigenvalue weighted by Gasteiger charge is 2.28. The molecule has 0 spiro atoms. The number of hydrogen-bond acceptors (Lipinski definition) is 3. The lowest BCUT2D eigenvalue weighted by molar-refractivity contribution is -0.120. The average molecular weight is 346 g/mol. The van der Waals surface area contributed by atoms with Crippen molar-refractivity contribution in [3.05, 3.63) is 24.3 Å². The molecule has 4 nitrogen and oxygen atoms in total. The smallest absolute Gasteiger partial charge is 0.230 e. The first-order chi connectivity index (χ1) is 11.6. The molecule has 2 aromatic rings. The van der Waals surface area contributed by atoms with Gasteiger partial charge in [-0.3, -0.25) is 4.79 Å². The molecule has 1 aliphatic rings. The zero-order valence-electron chi connectivity index (χ0n) is 14.8. The van der Waals surface area contributed by atoms with Crippen molar-refractivity contribution in [2.24, 2.45) is 11.8 Å². The molecule has 1 saturated carbocycles. The third kappa shape index (κ3) is 3.61. The van der Waals surface area contributed by atoms with Crippen molar-refractivity contribution >= 4 is 28.7 Å². The van der Waals surface area contributed by atoms with Crippen molar-refractivity contribution in [1.82, 2.24) is 14.9 Å². The number of aromatic nitrogens is 2. The Bertz CT molecular complexity index is 712. The highest BCUT2D eigenvalue weighted by atomic mass is 32.2. The van der Waals surface area contributed by atoms with E-state index in [1.54, 1.807) is 0 Å². The summed E-state index contributed by atoms with van der Waals surface area (Å²) in [6.45, 7) is 7.53. The van der Waals surface area contributed by atoms with Crippen LogP contribution in [0.15, 0.2) is 29.4 Å². The van der Waals surface area contributed by atoms with Gasteiger partial charge >= 0.3 is 0 Å². The van der Waals surface area contributed by atoms with Gasteiger partial charge < -0.3 is 9.88 Å². The van der Waals surface area contributed by atoms with Crippen molar-refractivity contribution in [2.75, 3.05) is 5.75 Å². The molecule has 24 heavy (non-hydrogen) atoms. The summed E-state index contributed by atoms with van der Waals surface area (Å²) in [6, 6.07) is 8.47. The number of carbonyl (C=O) groups is 1. The van der Waals surface area contributed by atoms with Gasteiger partial charge in [-0.2, -0.15) is 0 Å². The second kappa shape index (κ2) is 7.60. The molecule has 1 aliphatic carbocycles. The standard InChI is InChI=1S/C19H27N3OS/c1-4-22-17-11-6-5-9-16(17)21-19(22)24-12-18(23)20-15-10-7-8-13(2)14(15)3/h5-6,9,11,13-15H,4,7-8,10,12H2,1-3H3,(H,20,23)/t13-,14+,15+/m0/s1. The first-order valence-corrected chi connectivity index (χ1v) is 9.96. The Morgan fingerprint density at radius 3 is 2.92 bits per heavy atom. The van der Waals surface area contributed by atoms with Gasteiger partial charge in [0.2, 0.25) is 5.91 Å². The summed E-state index contributed by atoms with van der Waals surface area (Å²) >= 11 is 1.54. The molecule has 0 aliphatic heterocycles. The van der Waals surface area contributed by atoms with E-state index >= 15 is 0 Å². The Hall–Kier alpha value is -1.49. The van der Waals surface area contributed by atoms with E-state index in [0.29, 0.717) is 23.6 Å². The number of hydrogen-bond donors (Lipinski definition) is 1. The van der Waals surface area contributed by atoms with E-state index in [0.717, 1.165) is 29.2 Å². The lowest BCUT2D eigenvalue weighted by atomic mass is 9.78. The lowest BCUT2D eigenvalue weighted by Crippen LogP contribution is -2.44. The Morgan fingerprint density at radius 2 is 2.12 bits per heavy atom. The van der Waals surface area contributed by atoms with Gasteiger partial charge in [0.05, 0.1) is 16.8 Å². The van der Waals surface area contributed by atoms with Gasteiger partial charge in [-0.1, -0.05) is 50.6 Å². The molecular weight excluding hydrogens is 318 g/mol. The molecule has 0 radical (unpaired) electrons. The lowest BCUT2D eigenvalue weighted by Gasteiger charge is -2.34. The van der Waals surface area contributed by atoms with Crippen LogP contribution in [-0.4, -0.2) is 27.3 Å². The summed E-state index contributed by atoms with van der Waals surface area (Å²) in [6.07, 6.45) is 3.60. The summed E-state index contributed by atoms with van der Waals surface area (Å²) in [4.78, 5) is 17.1. The van der Waals surface area contributed by atoms with E-state index in [9.17, 15) is 4.79 Å². The zero-order chi connectivity index (χ0) is 17.1. The number of carbonyl (C=O) groups excluding carboxylic acids is 1. The van der Waals surface area contributed by atoms with Crippen molar-refractivity contribution in [2.45, 2.75) is 57.8 Å². The number of nitrogens with one attached hydrogen (secondary N) is 1. The fraction of sp³-hybridized carbons (Fsp3) is 0.579. The topological polar surface area (TPSA) is 46.9 Å².